The van der Waals surface area contributed by atoms with Crippen LogP contribution in [0.1, 0.15) is 31.7 Å². The summed E-state index contributed by atoms with van der Waals surface area (Å²) in [5.41, 5.74) is 15.0. The van der Waals surface area contributed by atoms with E-state index in [4.69, 9.17) is 11.5 Å². The Morgan fingerprint density at radius 2 is 2.16 bits per heavy atom. The molecule has 1 atom stereocenters. The molecule has 0 radical (unpaired) electrons. The predicted octanol–water partition coefficient (Wildman–Crippen LogP) is -0.0932. The molecule has 1 aliphatic carbocycles. The van der Waals surface area contributed by atoms with E-state index in [0.29, 0.717) is 0 Å². The van der Waals surface area contributed by atoms with Crippen LogP contribution in [-0.4, -0.2) is 5.54 Å². The molecule has 1 aromatic carbocycles. The van der Waals surface area contributed by atoms with E-state index in [1.54, 1.807) is 0 Å². The third-order valence-corrected chi connectivity index (χ3v) is 3.81. The summed E-state index contributed by atoms with van der Waals surface area (Å²) in [7, 11) is 0. The van der Waals surface area contributed by atoms with E-state index in [1.165, 1.54) is 0 Å². The molecule has 1 aliphatic rings. The summed E-state index contributed by atoms with van der Waals surface area (Å²) in [5, 5.41) is 0. The minimum absolute atomic E-state index is 0. The molecule has 0 aromatic heterocycles. The van der Waals surface area contributed by atoms with Crippen molar-refractivity contribution in [1.82, 2.24) is 0 Å². The van der Waals surface area contributed by atoms with Crippen LogP contribution >= 0.6 is 12.6 Å². The van der Waals surface area contributed by atoms with Crippen molar-refractivity contribution in [3.05, 3.63) is 47.2 Å². The van der Waals surface area contributed by atoms with Crippen molar-refractivity contribution in [2.45, 2.75) is 36.6 Å². The fraction of sp³-hybridized carbons (Fsp3) is 0.333. The zero-order valence-corrected chi connectivity index (χ0v) is 14.5. The molecule has 96 valence electrons. The Bertz CT molecular complexity index is 507. The average Bonchev–Trinajstić information content (AvgIpc) is 2.30. The van der Waals surface area contributed by atoms with Gasteiger partial charge in [0.1, 0.15) is 0 Å². The van der Waals surface area contributed by atoms with Gasteiger partial charge in [-0.05, 0) is 31.8 Å². The smallest absolute Gasteiger partial charge is 0.402 e. The minimum atomic E-state index is -0.325. The van der Waals surface area contributed by atoms with Crippen LogP contribution in [0, 0.1) is 6.07 Å². The molecular formula is C15H19N2NaS. The number of thiol groups is 1. The molecule has 0 spiro atoms. The number of nitrogens with two attached hydrogens (primary N) is 2. The second-order valence-electron chi connectivity index (χ2n) is 5.03. The van der Waals surface area contributed by atoms with Gasteiger partial charge >= 0.3 is 29.6 Å². The number of benzene rings is 1. The summed E-state index contributed by atoms with van der Waals surface area (Å²) < 4.78 is 0. The van der Waals surface area contributed by atoms with Crippen LogP contribution in [0.5, 0.6) is 0 Å². The minimum Gasteiger partial charge on any atom is -0.402 e. The third-order valence-electron chi connectivity index (χ3n) is 3.41. The Morgan fingerprint density at radius 1 is 1.42 bits per heavy atom. The van der Waals surface area contributed by atoms with Crippen molar-refractivity contribution in [3.63, 3.8) is 0 Å². The Labute approximate surface area is 143 Å². The maximum absolute atomic E-state index is 6.30. The van der Waals surface area contributed by atoms with E-state index in [1.807, 2.05) is 37.3 Å². The number of hydrogen-bond acceptors (Lipinski definition) is 3. The summed E-state index contributed by atoms with van der Waals surface area (Å²) in [6, 6.07) is 8.72. The molecule has 2 rings (SSSR count). The van der Waals surface area contributed by atoms with Crippen molar-refractivity contribution >= 4 is 18.7 Å². The van der Waals surface area contributed by atoms with Crippen molar-refractivity contribution in [3.8, 4) is 0 Å². The van der Waals surface area contributed by atoms with Gasteiger partial charge < -0.3 is 11.5 Å². The van der Waals surface area contributed by atoms with E-state index >= 15 is 0 Å². The first-order valence-corrected chi connectivity index (χ1v) is 6.60. The van der Waals surface area contributed by atoms with Crippen molar-refractivity contribution in [2.75, 3.05) is 0 Å². The quantitative estimate of drug-likeness (QED) is 0.403. The van der Waals surface area contributed by atoms with Crippen LogP contribution in [0.4, 0.5) is 0 Å². The van der Waals surface area contributed by atoms with Crippen molar-refractivity contribution in [1.29, 1.82) is 0 Å². The molecular weight excluding hydrogens is 263 g/mol. The zero-order valence-electron chi connectivity index (χ0n) is 11.6. The van der Waals surface area contributed by atoms with E-state index in [9.17, 15) is 0 Å². The molecule has 0 aliphatic heterocycles. The van der Waals surface area contributed by atoms with Gasteiger partial charge in [-0.3, -0.25) is 0 Å². The first-order chi connectivity index (χ1) is 8.50. The third kappa shape index (κ3) is 4.14. The molecule has 19 heavy (non-hydrogen) atoms. The summed E-state index contributed by atoms with van der Waals surface area (Å²) in [5.74, 6) is 0. The topological polar surface area (TPSA) is 52.0 Å². The second kappa shape index (κ2) is 7.00. The van der Waals surface area contributed by atoms with Gasteiger partial charge in [0.05, 0.1) is 0 Å². The summed E-state index contributed by atoms with van der Waals surface area (Å²) in [6.07, 6.45) is 7.01. The summed E-state index contributed by atoms with van der Waals surface area (Å²) >= 11 is 4.41. The Balaban J connectivity index is 0.00000180. The van der Waals surface area contributed by atoms with Crippen molar-refractivity contribution < 1.29 is 29.6 Å². The molecule has 2 nitrogen and oxygen atoms in total. The predicted molar refractivity (Wildman–Crippen MR) is 79.2 cm³/mol. The molecule has 4 N–H and O–H groups in total. The molecule has 1 unspecified atom stereocenters. The number of hydrogen-bond donors (Lipinski definition) is 3. The van der Waals surface area contributed by atoms with Gasteiger partial charge in [-0.15, -0.1) is 11.6 Å². The van der Waals surface area contributed by atoms with E-state index < -0.39 is 0 Å². The molecule has 0 saturated carbocycles. The molecule has 0 bridgehead atoms. The molecule has 0 amide bonds. The van der Waals surface area contributed by atoms with E-state index in [-0.39, 0.29) is 35.1 Å². The Kier molecular flexibility index (Phi) is 6.21. The van der Waals surface area contributed by atoms with Gasteiger partial charge in [0, 0.05) is 11.2 Å². The van der Waals surface area contributed by atoms with Crippen LogP contribution in [0.3, 0.4) is 0 Å². The standard InChI is InChI=1S/C15H19N2S.Na/c1-15(17)10-4-6-13(16)12(15)9-8-11-5-2-3-7-14(11)18;/h3,5,7-9,18H,4,6,10,16-17H2,1H3;/q-1;+1/b9-8+;. The maximum atomic E-state index is 6.30. The molecule has 0 heterocycles. The Morgan fingerprint density at radius 3 is 2.79 bits per heavy atom. The first-order valence-electron chi connectivity index (χ1n) is 6.16. The largest absolute Gasteiger partial charge is 1.00 e. The van der Waals surface area contributed by atoms with Gasteiger partial charge in [0.2, 0.25) is 0 Å². The van der Waals surface area contributed by atoms with Crippen LogP contribution in [0.25, 0.3) is 6.08 Å². The normalized spacial score (nSPS) is 23.5. The Hall–Kier alpha value is -0.190. The zero-order chi connectivity index (χ0) is 13.2. The van der Waals surface area contributed by atoms with Gasteiger partial charge in [-0.2, -0.15) is 36.9 Å². The van der Waals surface area contributed by atoms with Crippen LogP contribution in [-0.2, 0) is 0 Å². The fourth-order valence-electron chi connectivity index (χ4n) is 2.32. The maximum Gasteiger partial charge on any atom is 1.00 e. The fourth-order valence-corrected chi connectivity index (χ4v) is 2.53. The van der Waals surface area contributed by atoms with Gasteiger partial charge in [-0.1, -0.05) is 11.0 Å². The van der Waals surface area contributed by atoms with Crippen molar-refractivity contribution in [2.24, 2.45) is 11.5 Å². The molecule has 1 aromatic rings. The SMILES string of the molecule is CC1(N)CCCC(N)=C1/C=C/c1c[c-]ccc1S.[Na+]. The summed E-state index contributed by atoms with van der Waals surface area (Å²) in [4.78, 5) is 0.929. The first kappa shape index (κ1) is 16.9. The van der Waals surface area contributed by atoms with E-state index in [0.717, 1.165) is 41.0 Å². The molecule has 4 heteroatoms. The molecule has 0 saturated heterocycles. The summed E-state index contributed by atoms with van der Waals surface area (Å²) in [6.45, 7) is 2.04. The van der Waals surface area contributed by atoms with Gasteiger partial charge in [0.15, 0.2) is 0 Å². The second-order valence-corrected chi connectivity index (χ2v) is 5.51. The van der Waals surface area contributed by atoms with Crippen LogP contribution in [0.2, 0.25) is 0 Å². The number of allylic oxidation sites excluding steroid dienone is 1. The van der Waals surface area contributed by atoms with Crippen LogP contribution < -0.4 is 41.0 Å². The average molecular weight is 282 g/mol. The van der Waals surface area contributed by atoms with Crippen LogP contribution in [0.15, 0.2) is 40.4 Å². The van der Waals surface area contributed by atoms with Gasteiger partial charge in [-0.25, -0.2) is 0 Å². The number of rotatable bonds is 2. The van der Waals surface area contributed by atoms with E-state index in [2.05, 4.69) is 18.7 Å². The monoisotopic (exact) mass is 282 g/mol. The molecule has 0 fully saturated rings. The van der Waals surface area contributed by atoms with Gasteiger partial charge in [0.25, 0.3) is 0 Å².